The average molecular weight is 306 g/mol. The molecule has 1 aromatic carbocycles. The Morgan fingerprint density at radius 3 is 2.76 bits per heavy atom. The first-order valence-electron chi connectivity index (χ1n) is 6.19. The Hall–Kier alpha value is -2.28. The second-order valence-electron chi connectivity index (χ2n) is 4.40. The third-order valence-corrected chi connectivity index (χ3v) is 4.20. The highest BCUT2D eigenvalue weighted by atomic mass is 32.2. The van der Waals surface area contributed by atoms with Crippen molar-refractivity contribution in [3.05, 3.63) is 59.8 Å². The molecule has 21 heavy (non-hydrogen) atoms. The minimum Gasteiger partial charge on any atom is -0.459 e. The molecule has 0 radical (unpaired) electrons. The highest BCUT2D eigenvalue weighted by Gasteiger charge is 2.34. The zero-order chi connectivity index (χ0) is 14.8. The highest BCUT2D eigenvalue weighted by Crippen LogP contribution is 2.37. The van der Waals surface area contributed by atoms with Crippen molar-refractivity contribution in [3.63, 3.8) is 0 Å². The fraction of sp³-hybridized carbons (Fsp3) is 0.143. The van der Waals surface area contributed by atoms with Crippen LogP contribution < -0.4 is 5.43 Å². The number of furan rings is 1. The van der Waals surface area contributed by atoms with Crippen LogP contribution in [-0.2, 0) is 4.79 Å². The molecule has 0 saturated carbocycles. The lowest BCUT2D eigenvalue weighted by atomic mass is 10.2. The van der Waals surface area contributed by atoms with Gasteiger partial charge in [0.05, 0.1) is 12.0 Å². The minimum absolute atomic E-state index is 0.123. The van der Waals surface area contributed by atoms with Gasteiger partial charge in [-0.15, -0.1) is 11.8 Å². The number of halogens is 1. The van der Waals surface area contributed by atoms with Crippen molar-refractivity contribution < 1.29 is 18.4 Å². The second kappa shape index (κ2) is 5.61. The van der Waals surface area contributed by atoms with E-state index in [0.717, 1.165) is 5.56 Å². The van der Waals surface area contributed by atoms with Gasteiger partial charge < -0.3 is 4.42 Å². The molecule has 0 aliphatic carbocycles. The number of nitrogens with zero attached hydrogens (tertiary/aromatic N) is 1. The Labute approximate surface area is 124 Å². The predicted molar refractivity (Wildman–Crippen MR) is 74.6 cm³/mol. The van der Waals surface area contributed by atoms with Gasteiger partial charge in [0.25, 0.3) is 5.91 Å². The van der Waals surface area contributed by atoms with E-state index >= 15 is 0 Å². The third-order valence-electron chi connectivity index (χ3n) is 2.99. The SMILES string of the molecule is O=C(NN1C(=O)CSC1c1ccc(F)cc1)c1ccco1. The van der Waals surface area contributed by atoms with Gasteiger partial charge in [-0.05, 0) is 29.8 Å². The Balaban J connectivity index is 1.79. The molecule has 0 bridgehead atoms. The number of thioether (sulfide) groups is 1. The van der Waals surface area contributed by atoms with Gasteiger partial charge in [-0.1, -0.05) is 12.1 Å². The fourth-order valence-corrected chi connectivity index (χ4v) is 3.10. The Kier molecular flexibility index (Phi) is 3.66. The Morgan fingerprint density at radius 2 is 2.10 bits per heavy atom. The van der Waals surface area contributed by atoms with Crippen LogP contribution in [0.4, 0.5) is 4.39 Å². The van der Waals surface area contributed by atoms with E-state index in [1.807, 2.05) is 0 Å². The number of rotatable bonds is 3. The Bertz CT molecular complexity index is 657. The number of hydrazine groups is 1. The van der Waals surface area contributed by atoms with E-state index in [1.165, 1.54) is 41.2 Å². The first-order chi connectivity index (χ1) is 10.1. The summed E-state index contributed by atoms with van der Waals surface area (Å²) >= 11 is 1.37. The Morgan fingerprint density at radius 1 is 1.33 bits per heavy atom. The number of hydrogen-bond donors (Lipinski definition) is 1. The van der Waals surface area contributed by atoms with Crippen molar-refractivity contribution in [2.75, 3.05) is 5.75 Å². The summed E-state index contributed by atoms with van der Waals surface area (Å²) in [5, 5.41) is 0.875. The molecule has 0 spiro atoms. The van der Waals surface area contributed by atoms with Crippen molar-refractivity contribution in [2.45, 2.75) is 5.37 Å². The molecule has 1 aromatic heterocycles. The molecule has 2 amide bonds. The summed E-state index contributed by atoms with van der Waals surface area (Å²) in [4.78, 5) is 23.9. The van der Waals surface area contributed by atoms with Gasteiger partial charge in [-0.3, -0.25) is 15.0 Å². The largest absolute Gasteiger partial charge is 0.459 e. The minimum atomic E-state index is -0.497. The molecule has 1 N–H and O–H groups in total. The molecule has 2 heterocycles. The van der Waals surface area contributed by atoms with E-state index in [1.54, 1.807) is 18.2 Å². The highest BCUT2D eigenvalue weighted by molar-refractivity contribution is 8.00. The van der Waals surface area contributed by atoms with Crippen molar-refractivity contribution in [1.29, 1.82) is 0 Å². The maximum atomic E-state index is 13.0. The van der Waals surface area contributed by atoms with Gasteiger partial charge >= 0.3 is 5.91 Å². The summed E-state index contributed by atoms with van der Waals surface area (Å²) in [6.45, 7) is 0. The zero-order valence-electron chi connectivity index (χ0n) is 10.8. The second-order valence-corrected chi connectivity index (χ2v) is 5.47. The topological polar surface area (TPSA) is 62.6 Å². The first-order valence-corrected chi connectivity index (χ1v) is 7.23. The van der Waals surface area contributed by atoms with E-state index in [0.29, 0.717) is 0 Å². The molecule has 1 unspecified atom stereocenters. The van der Waals surface area contributed by atoms with Crippen molar-refractivity contribution in [3.8, 4) is 0 Å². The molecule has 1 aliphatic heterocycles. The van der Waals surface area contributed by atoms with E-state index < -0.39 is 5.91 Å². The number of nitrogens with one attached hydrogen (secondary N) is 1. The van der Waals surface area contributed by atoms with Crippen molar-refractivity contribution >= 4 is 23.6 Å². The summed E-state index contributed by atoms with van der Waals surface area (Å²) in [5.74, 6) is -0.686. The maximum absolute atomic E-state index is 13.0. The van der Waals surface area contributed by atoms with Crippen LogP contribution in [0.5, 0.6) is 0 Å². The van der Waals surface area contributed by atoms with E-state index in [2.05, 4.69) is 5.43 Å². The van der Waals surface area contributed by atoms with E-state index in [4.69, 9.17) is 4.42 Å². The molecule has 2 aromatic rings. The normalized spacial score (nSPS) is 18.0. The van der Waals surface area contributed by atoms with Gasteiger partial charge in [0.1, 0.15) is 11.2 Å². The predicted octanol–water partition coefficient (Wildman–Crippen LogP) is 2.34. The molecule has 3 rings (SSSR count). The summed E-state index contributed by atoms with van der Waals surface area (Å²) in [7, 11) is 0. The molecule has 7 heteroatoms. The zero-order valence-corrected chi connectivity index (χ0v) is 11.6. The standard InChI is InChI=1S/C14H11FN2O3S/c15-10-5-3-9(4-6-10)14-17(12(18)8-21-14)16-13(19)11-2-1-7-20-11/h1-7,14H,8H2,(H,16,19). The summed E-state index contributed by atoms with van der Waals surface area (Å²) in [5.41, 5.74) is 3.27. The molecule has 1 saturated heterocycles. The molecular weight excluding hydrogens is 295 g/mol. The lowest BCUT2D eigenvalue weighted by Gasteiger charge is -2.24. The van der Waals surface area contributed by atoms with Gasteiger partial charge in [0.15, 0.2) is 5.76 Å². The molecule has 108 valence electrons. The number of carbonyl (C=O) groups is 2. The van der Waals surface area contributed by atoms with Gasteiger partial charge in [0.2, 0.25) is 0 Å². The third kappa shape index (κ3) is 2.78. The monoisotopic (exact) mass is 306 g/mol. The van der Waals surface area contributed by atoms with Gasteiger partial charge in [-0.2, -0.15) is 0 Å². The van der Waals surface area contributed by atoms with E-state index in [-0.39, 0.29) is 28.6 Å². The van der Waals surface area contributed by atoms with E-state index in [9.17, 15) is 14.0 Å². The van der Waals surface area contributed by atoms with Crippen LogP contribution in [0.3, 0.4) is 0 Å². The first kappa shape index (κ1) is 13.7. The maximum Gasteiger partial charge on any atom is 0.305 e. The summed E-state index contributed by atoms with van der Waals surface area (Å²) in [6, 6.07) is 8.94. The van der Waals surface area contributed by atoms with Crippen LogP contribution in [0.2, 0.25) is 0 Å². The van der Waals surface area contributed by atoms with Crippen molar-refractivity contribution in [1.82, 2.24) is 10.4 Å². The van der Waals surface area contributed by atoms with Crippen LogP contribution in [-0.4, -0.2) is 22.6 Å². The molecule has 5 nitrogen and oxygen atoms in total. The fourth-order valence-electron chi connectivity index (χ4n) is 1.99. The lowest BCUT2D eigenvalue weighted by molar-refractivity contribution is -0.130. The average Bonchev–Trinajstić information content (AvgIpc) is 3.11. The molecule has 1 atom stereocenters. The number of carbonyl (C=O) groups excluding carboxylic acids is 2. The van der Waals surface area contributed by atoms with Crippen LogP contribution >= 0.6 is 11.8 Å². The molecule has 1 fully saturated rings. The number of hydrogen-bond acceptors (Lipinski definition) is 4. The molecule has 1 aliphatic rings. The van der Waals surface area contributed by atoms with Crippen LogP contribution in [0.1, 0.15) is 21.5 Å². The number of amides is 2. The van der Waals surface area contributed by atoms with Gasteiger partial charge in [-0.25, -0.2) is 9.40 Å². The van der Waals surface area contributed by atoms with Crippen molar-refractivity contribution in [2.24, 2.45) is 0 Å². The smallest absolute Gasteiger partial charge is 0.305 e. The van der Waals surface area contributed by atoms with Crippen LogP contribution in [0.25, 0.3) is 0 Å². The summed E-state index contributed by atoms with van der Waals surface area (Å²) in [6.07, 6.45) is 1.38. The van der Waals surface area contributed by atoms with Crippen LogP contribution in [0, 0.1) is 5.82 Å². The van der Waals surface area contributed by atoms with Gasteiger partial charge in [0, 0.05) is 0 Å². The molecular formula is C14H11FN2O3S. The lowest BCUT2D eigenvalue weighted by Crippen LogP contribution is -2.44. The number of benzene rings is 1. The van der Waals surface area contributed by atoms with Crippen LogP contribution in [0.15, 0.2) is 47.1 Å². The summed E-state index contributed by atoms with van der Waals surface area (Å²) < 4.78 is 18.0. The quantitative estimate of drug-likeness (QED) is 0.945.